The van der Waals surface area contributed by atoms with Crippen LogP contribution in [0.25, 0.3) is 0 Å². The molecule has 0 spiro atoms. The summed E-state index contributed by atoms with van der Waals surface area (Å²) in [6.07, 6.45) is 1.00. The van der Waals surface area contributed by atoms with Gasteiger partial charge in [-0.15, -0.1) is 23.2 Å². The number of nitrogens with zero attached hydrogens (tertiary/aromatic N) is 2. The Balaban J connectivity index is 1.56. The molecular formula is C16H16Cl2N2O3. The van der Waals surface area contributed by atoms with E-state index in [0.29, 0.717) is 19.4 Å². The highest BCUT2D eigenvalue weighted by molar-refractivity contribution is 6.53. The molecule has 5 nitrogen and oxygen atoms in total. The van der Waals surface area contributed by atoms with Crippen molar-refractivity contribution in [2.75, 3.05) is 13.2 Å². The van der Waals surface area contributed by atoms with Gasteiger partial charge in [0.1, 0.15) is 9.75 Å². The first-order valence-corrected chi connectivity index (χ1v) is 8.07. The van der Waals surface area contributed by atoms with Gasteiger partial charge in [-0.05, 0) is 12.5 Å². The monoisotopic (exact) mass is 354 g/mol. The lowest BCUT2D eigenvalue weighted by Crippen LogP contribution is -2.31. The zero-order valence-electron chi connectivity index (χ0n) is 12.6. The SMILES string of the molecule is C[C@@]1(C(=O)OCC(=O)N2CCC(c3ccccc3)=N2)CC1(Cl)Cl. The van der Waals surface area contributed by atoms with E-state index in [1.54, 1.807) is 6.92 Å². The van der Waals surface area contributed by atoms with E-state index in [9.17, 15) is 9.59 Å². The number of ether oxygens (including phenoxy) is 1. The molecule has 0 aromatic heterocycles. The summed E-state index contributed by atoms with van der Waals surface area (Å²) in [5, 5.41) is 5.63. The van der Waals surface area contributed by atoms with Crippen LogP contribution in [0.15, 0.2) is 35.4 Å². The van der Waals surface area contributed by atoms with Gasteiger partial charge in [0.25, 0.3) is 5.91 Å². The molecule has 1 aromatic carbocycles. The molecule has 122 valence electrons. The van der Waals surface area contributed by atoms with E-state index in [4.69, 9.17) is 27.9 Å². The molecule has 1 amide bonds. The van der Waals surface area contributed by atoms with Gasteiger partial charge in [-0.3, -0.25) is 9.59 Å². The van der Waals surface area contributed by atoms with Crippen LogP contribution in [0.5, 0.6) is 0 Å². The number of hydrazone groups is 1. The summed E-state index contributed by atoms with van der Waals surface area (Å²) in [5.41, 5.74) is 0.902. The number of halogens is 2. The van der Waals surface area contributed by atoms with Crippen molar-refractivity contribution >= 4 is 40.8 Å². The van der Waals surface area contributed by atoms with E-state index in [0.717, 1.165) is 11.3 Å². The molecule has 0 saturated heterocycles. The smallest absolute Gasteiger partial charge is 0.315 e. The summed E-state index contributed by atoms with van der Waals surface area (Å²) < 4.78 is 3.95. The third kappa shape index (κ3) is 3.08. The van der Waals surface area contributed by atoms with Gasteiger partial charge in [0, 0.05) is 12.8 Å². The lowest BCUT2D eigenvalue weighted by atomic mass is 10.1. The largest absolute Gasteiger partial charge is 0.455 e. The minimum absolute atomic E-state index is 0.330. The molecule has 1 atom stereocenters. The summed E-state index contributed by atoms with van der Waals surface area (Å²) in [6, 6.07) is 9.66. The molecule has 7 heteroatoms. The van der Waals surface area contributed by atoms with Gasteiger partial charge in [-0.1, -0.05) is 30.3 Å². The second-order valence-electron chi connectivity index (χ2n) is 5.97. The van der Waals surface area contributed by atoms with Crippen LogP contribution in [0.4, 0.5) is 0 Å². The first kappa shape index (κ1) is 16.3. The quantitative estimate of drug-likeness (QED) is 0.616. The van der Waals surface area contributed by atoms with Crippen molar-refractivity contribution in [1.82, 2.24) is 5.01 Å². The lowest BCUT2D eigenvalue weighted by molar-refractivity contribution is -0.156. The Bertz CT molecular complexity index is 675. The maximum Gasteiger partial charge on any atom is 0.315 e. The van der Waals surface area contributed by atoms with Gasteiger partial charge in [0.15, 0.2) is 6.61 Å². The first-order valence-electron chi connectivity index (χ1n) is 7.32. The van der Waals surface area contributed by atoms with Crippen LogP contribution in [0.2, 0.25) is 0 Å². The molecule has 1 aromatic rings. The summed E-state index contributed by atoms with van der Waals surface area (Å²) >= 11 is 11.8. The van der Waals surface area contributed by atoms with E-state index in [-0.39, 0.29) is 12.5 Å². The predicted molar refractivity (Wildman–Crippen MR) is 87.4 cm³/mol. The second-order valence-corrected chi connectivity index (χ2v) is 7.45. The summed E-state index contributed by atoms with van der Waals surface area (Å²) in [7, 11) is 0. The highest BCUT2D eigenvalue weighted by Gasteiger charge is 2.69. The van der Waals surface area contributed by atoms with Crippen LogP contribution in [0.3, 0.4) is 0 Å². The van der Waals surface area contributed by atoms with Crippen LogP contribution < -0.4 is 0 Å². The maximum absolute atomic E-state index is 12.1. The molecule has 23 heavy (non-hydrogen) atoms. The second kappa shape index (κ2) is 5.80. The number of benzene rings is 1. The zero-order chi connectivity index (χ0) is 16.7. The third-order valence-electron chi connectivity index (χ3n) is 4.23. The predicted octanol–water partition coefficient (Wildman–Crippen LogP) is 2.75. The summed E-state index contributed by atoms with van der Waals surface area (Å²) in [5.74, 6) is -0.911. The summed E-state index contributed by atoms with van der Waals surface area (Å²) in [4.78, 5) is 24.1. The van der Waals surface area contributed by atoms with E-state index in [1.807, 2.05) is 30.3 Å². The molecule has 0 radical (unpaired) electrons. The van der Waals surface area contributed by atoms with Gasteiger partial charge in [-0.2, -0.15) is 5.10 Å². The van der Waals surface area contributed by atoms with Crippen molar-refractivity contribution in [2.45, 2.75) is 24.1 Å². The van der Waals surface area contributed by atoms with Crippen molar-refractivity contribution < 1.29 is 14.3 Å². The van der Waals surface area contributed by atoms with E-state index in [1.165, 1.54) is 5.01 Å². The molecular weight excluding hydrogens is 339 g/mol. The van der Waals surface area contributed by atoms with E-state index < -0.39 is 15.7 Å². The number of esters is 1. The number of hydrogen-bond donors (Lipinski definition) is 0. The average Bonchev–Trinajstić information content (AvgIpc) is 2.92. The molecule has 3 rings (SSSR count). The Hall–Kier alpha value is -1.59. The van der Waals surface area contributed by atoms with Gasteiger partial charge in [0.05, 0.1) is 12.3 Å². The van der Waals surface area contributed by atoms with Crippen LogP contribution in [-0.2, 0) is 14.3 Å². The zero-order valence-corrected chi connectivity index (χ0v) is 14.1. The molecule has 0 bridgehead atoms. The van der Waals surface area contributed by atoms with Crippen LogP contribution in [-0.4, -0.2) is 40.1 Å². The molecule has 1 aliphatic heterocycles. The normalized spacial score (nSPS) is 25.0. The molecule has 2 aliphatic rings. The minimum Gasteiger partial charge on any atom is -0.455 e. The van der Waals surface area contributed by atoms with Gasteiger partial charge in [0.2, 0.25) is 0 Å². The number of alkyl halides is 2. The highest BCUT2D eigenvalue weighted by atomic mass is 35.5. The van der Waals surface area contributed by atoms with Crippen molar-refractivity contribution in [3.05, 3.63) is 35.9 Å². The fourth-order valence-electron chi connectivity index (χ4n) is 2.45. The number of amides is 1. The Kier molecular flexibility index (Phi) is 4.10. The van der Waals surface area contributed by atoms with Crippen molar-refractivity contribution in [2.24, 2.45) is 10.5 Å². The summed E-state index contributed by atoms with van der Waals surface area (Å²) in [6.45, 7) is 1.75. The number of carbonyl (C=O) groups excluding carboxylic acids is 2. The topological polar surface area (TPSA) is 59.0 Å². The Labute approximate surface area is 144 Å². The van der Waals surface area contributed by atoms with Gasteiger partial charge in [-0.25, -0.2) is 5.01 Å². The van der Waals surface area contributed by atoms with E-state index in [2.05, 4.69) is 5.10 Å². The minimum atomic E-state index is -1.10. The van der Waals surface area contributed by atoms with E-state index >= 15 is 0 Å². The molecule has 1 saturated carbocycles. The van der Waals surface area contributed by atoms with Gasteiger partial charge < -0.3 is 4.74 Å². The van der Waals surface area contributed by atoms with Gasteiger partial charge >= 0.3 is 5.97 Å². The lowest BCUT2D eigenvalue weighted by Gasteiger charge is -2.14. The number of hydrogen-bond acceptors (Lipinski definition) is 4. The third-order valence-corrected chi connectivity index (χ3v) is 5.33. The highest BCUT2D eigenvalue weighted by Crippen LogP contribution is 2.64. The number of carbonyl (C=O) groups is 2. The Morgan fingerprint density at radius 2 is 1.96 bits per heavy atom. The van der Waals surface area contributed by atoms with Crippen LogP contribution in [0.1, 0.15) is 25.3 Å². The Morgan fingerprint density at radius 1 is 1.30 bits per heavy atom. The fourth-order valence-corrected chi connectivity index (χ4v) is 3.14. The molecule has 0 unspecified atom stereocenters. The number of rotatable bonds is 4. The first-order chi connectivity index (χ1) is 10.8. The van der Waals surface area contributed by atoms with Crippen molar-refractivity contribution in [1.29, 1.82) is 0 Å². The van der Waals surface area contributed by atoms with Crippen molar-refractivity contribution in [3.8, 4) is 0 Å². The molecule has 1 aliphatic carbocycles. The molecule has 1 heterocycles. The molecule has 1 fully saturated rings. The van der Waals surface area contributed by atoms with Crippen LogP contribution >= 0.6 is 23.2 Å². The average molecular weight is 355 g/mol. The van der Waals surface area contributed by atoms with Crippen molar-refractivity contribution in [3.63, 3.8) is 0 Å². The fraction of sp³-hybridized carbons (Fsp3) is 0.438. The molecule has 0 N–H and O–H groups in total. The maximum atomic E-state index is 12.1. The standard InChI is InChI=1S/C16H16Cl2N2O3/c1-15(10-16(15,17)18)14(22)23-9-13(21)20-8-7-12(19-20)11-5-3-2-4-6-11/h2-6H,7-10H2,1H3/t15-/m0/s1. The van der Waals surface area contributed by atoms with Crippen LogP contribution in [0, 0.1) is 5.41 Å². The Morgan fingerprint density at radius 3 is 2.57 bits per heavy atom.